The van der Waals surface area contributed by atoms with Crippen LogP contribution in [0.4, 0.5) is 0 Å². The predicted molar refractivity (Wildman–Crippen MR) is 83.6 cm³/mol. The number of carbonyl (C=O) groups is 2. The monoisotopic (exact) mass is 301 g/mol. The lowest BCUT2D eigenvalue weighted by Crippen LogP contribution is -2.48. The Morgan fingerprint density at radius 3 is 2.59 bits per heavy atom. The summed E-state index contributed by atoms with van der Waals surface area (Å²) < 4.78 is 0. The van der Waals surface area contributed by atoms with Crippen molar-refractivity contribution in [2.45, 2.75) is 56.9 Å². The maximum absolute atomic E-state index is 12.5. The second-order valence-electron chi connectivity index (χ2n) is 6.85. The fourth-order valence-electron chi connectivity index (χ4n) is 3.87. The normalized spacial score (nSPS) is 25.7. The maximum Gasteiger partial charge on any atom is 0.305 e. The summed E-state index contributed by atoms with van der Waals surface area (Å²) in [5, 5.41) is 12.2. The quantitative estimate of drug-likeness (QED) is 0.878. The molecule has 0 heterocycles. The Hall–Kier alpha value is -1.84. The van der Waals surface area contributed by atoms with Crippen LogP contribution in [-0.2, 0) is 9.59 Å². The zero-order chi connectivity index (χ0) is 15.7. The Bertz CT molecular complexity index is 590. The minimum Gasteiger partial charge on any atom is -0.481 e. The minimum absolute atomic E-state index is 0.00682. The molecule has 0 aromatic heterocycles. The standard InChI is InChI=1S/C18H23NO3/c1-12-6-2-3-7-13(12)14-10-15(14)17(22)19-18(11-16(20)21)8-4-5-9-18/h2-3,6-7,14-15H,4-5,8-11H2,1H3,(H,19,22)(H,20,21). The number of aryl methyl sites for hydroxylation is 1. The molecule has 0 aliphatic heterocycles. The number of nitrogens with one attached hydrogen (secondary N) is 1. The largest absolute Gasteiger partial charge is 0.481 e. The van der Waals surface area contributed by atoms with Gasteiger partial charge in [-0.1, -0.05) is 37.1 Å². The average molecular weight is 301 g/mol. The number of hydrogen-bond donors (Lipinski definition) is 2. The van der Waals surface area contributed by atoms with E-state index in [1.54, 1.807) is 0 Å². The van der Waals surface area contributed by atoms with Crippen LogP contribution in [0.5, 0.6) is 0 Å². The highest BCUT2D eigenvalue weighted by atomic mass is 16.4. The highest BCUT2D eigenvalue weighted by Gasteiger charge is 2.47. The molecule has 3 rings (SSSR count). The number of carbonyl (C=O) groups excluding carboxylic acids is 1. The van der Waals surface area contributed by atoms with Crippen molar-refractivity contribution in [1.29, 1.82) is 0 Å². The first-order valence-corrected chi connectivity index (χ1v) is 8.10. The van der Waals surface area contributed by atoms with Crippen LogP contribution in [0.3, 0.4) is 0 Å². The van der Waals surface area contributed by atoms with Crippen molar-refractivity contribution in [2.75, 3.05) is 0 Å². The Kier molecular flexibility index (Phi) is 3.94. The van der Waals surface area contributed by atoms with Gasteiger partial charge < -0.3 is 10.4 Å². The van der Waals surface area contributed by atoms with E-state index in [1.807, 2.05) is 12.1 Å². The average Bonchev–Trinajstić information content (AvgIpc) is 3.13. The van der Waals surface area contributed by atoms with E-state index < -0.39 is 11.5 Å². The van der Waals surface area contributed by atoms with Crippen molar-refractivity contribution in [3.63, 3.8) is 0 Å². The molecule has 2 fully saturated rings. The Labute approximate surface area is 130 Å². The molecule has 4 nitrogen and oxygen atoms in total. The van der Waals surface area contributed by atoms with E-state index in [9.17, 15) is 9.59 Å². The lowest BCUT2D eigenvalue weighted by Gasteiger charge is -2.28. The van der Waals surface area contributed by atoms with Crippen molar-refractivity contribution >= 4 is 11.9 Å². The van der Waals surface area contributed by atoms with Crippen LogP contribution >= 0.6 is 0 Å². The van der Waals surface area contributed by atoms with Gasteiger partial charge in [-0.3, -0.25) is 9.59 Å². The summed E-state index contributed by atoms with van der Waals surface area (Å²) in [6.45, 7) is 2.07. The highest BCUT2D eigenvalue weighted by Crippen LogP contribution is 2.49. The molecule has 2 unspecified atom stereocenters. The highest BCUT2D eigenvalue weighted by molar-refractivity contribution is 5.84. The van der Waals surface area contributed by atoms with E-state index in [4.69, 9.17) is 5.11 Å². The van der Waals surface area contributed by atoms with Crippen LogP contribution < -0.4 is 5.32 Å². The third kappa shape index (κ3) is 3.01. The molecule has 1 amide bonds. The molecule has 2 aliphatic rings. The number of hydrogen-bond acceptors (Lipinski definition) is 2. The zero-order valence-electron chi connectivity index (χ0n) is 13.0. The third-order valence-corrected chi connectivity index (χ3v) is 5.15. The zero-order valence-corrected chi connectivity index (χ0v) is 13.0. The summed E-state index contributed by atoms with van der Waals surface area (Å²) in [5.74, 6) is -0.485. The van der Waals surface area contributed by atoms with E-state index >= 15 is 0 Å². The van der Waals surface area contributed by atoms with Gasteiger partial charge in [0.05, 0.1) is 12.0 Å². The van der Waals surface area contributed by atoms with E-state index in [-0.39, 0.29) is 18.2 Å². The van der Waals surface area contributed by atoms with Crippen LogP contribution in [0.2, 0.25) is 0 Å². The van der Waals surface area contributed by atoms with Gasteiger partial charge in [0.1, 0.15) is 0 Å². The molecule has 0 spiro atoms. The van der Waals surface area contributed by atoms with Gasteiger partial charge in [0.15, 0.2) is 0 Å². The first-order valence-electron chi connectivity index (χ1n) is 8.10. The van der Waals surface area contributed by atoms with Gasteiger partial charge in [-0.05, 0) is 43.2 Å². The Balaban J connectivity index is 1.66. The first-order chi connectivity index (χ1) is 10.5. The molecule has 2 atom stereocenters. The van der Waals surface area contributed by atoms with Crippen molar-refractivity contribution in [3.8, 4) is 0 Å². The molecule has 1 aromatic carbocycles. The molecule has 118 valence electrons. The summed E-state index contributed by atoms with van der Waals surface area (Å²) in [6.07, 6.45) is 4.48. The van der Waals surface area contributed by atoms with E-state index in [2.05, 4.69) is 24.4 Å². The second kappa shape index (κ2) is 5.75. The van der Waals surface area contributed by atoms with Gasteiger partial charge >= 0.3 is 5.97 Å². The molecule has 4 heteroatoms. The second-order valence-corrected chi connectivity index (χ2v) is 6.85. The van der Waals surface area contributed by atoms with E-state index in [0.29, 0.717) is 5.92 Å². The smallest absolute Gasteiger partial charge is 0.305 e. The minimum atomic E-state index is -0.826. The van der Waals surface area contributed by atoms with Crippen molar-refractivity contribution in [1.82, 2.24) is 5.32 Å². The molecule has 22 heavy (non-hydrogen) atoms. The number of rotatable bonds is 5. The maximum atomic E-state index is 12.5. The number of carboxylic acids is 1. The summed E-state index contributed by atoms with van der Waals surface area (Å²) in [5.41, 5.74) is 1.96. The molecule has 2 saturated carbocycles. The fourth-order valence-corrected chi connectivity index (χ4v) is 3.87. The number of benzene rings is 1. The molecular weight excluding hydrogens is 278 g/mol. The molecule has 0 bridgehead atoms. The van der Waals surface area contributed by atoms with Crippen molar-refractivity contribution in [3.05, 3.63) is 35.4 Å². The van der Waals surface area contributed by atoms with Gasteiger partial charge in [-0.25, -0.2) is 0 Å². The third-order valence-electron chi connectivity index (χ3n) is 5.15. The fraction of sp³-hybridized carbons (Fsp3) is 0.556. The number of amides is 1. The summed E-state index contributed by atoms with van der Waals surface area (Å²) in [6, 6.07) is 8.19. The van der Waals surface area contributed by atoms with Gasteiger partial charge in [-0.2, -0.15) is 0 Å². The number of carboxylic acid groups (broad SMARTS) is 1. The van der Waals surface area contributed by atoms with E-state index in [0.717, 1.165) is 32.1 Å². The summed E-state index contributed by atoms with van der Waals surface area (Å²) >= 11 is 0. The topological polar surface area (TPSA) is 66.4 Å². The van der Waals surface area contributed by atoms with Crippen molar-refractivity contribution in [2.24, 2.45) is 5.92 Å². The SMILES string of the molecule is Cc1ccccc1C1CC1C(=O)NC1(CC(=O)O)CCCC1. The molecule has 1 aromatic rings. The lowest BCUT2D eigenvalue weighted by atomic mass is 9.92. The summed E-state index contributed by atoms with van der Waals surface area (Å²) in [7, 11) is 0. The van der Waals surface area contributed by atoms with Crippen LogP contribution in [-0.4, -0.2) is 22.5 Å². The van der Waals surface area contributed by atoms with Crippen LogP contribution in [0.25, 0.3) is 0 Å². The van der Waals surface area contributed by atoms with Gasteiger partial charge in [0.25, 0.3) is 0 Å². The van der Waals surface area contributed by atoms with Crippen LogP contribution in [0, 0.1) is 12.8 Å². The molecule has 0 saturated heterocycles. The number of aliphatic carboxylic acids is 1. The summed E-state index contributed by atoms with van der Waals surface area (Å²) in [4.78, 5) is 23.6. The van der Waals surface area contributed by atoms with Gasteiger partial charge in [0.2, 0.25) is 5.91 Å². The van der Waals surface area contributed by atoms with Gasteiger partial charge in [-0.15, -0.1) is 0 Å². The molecular formula is C18H23NO3. The van der Waals surface area contributed by atoms with E-state index in [1.165, 1.54) is 11.1 Å². The Morgan fingerprint density at radius 1 is 1.27 bits per heavy atom. The molecule has 2 N–H and O–H groups in total. The predicted octanol–water partition coefficient (Wildman–Crippen LogP) is 3.00. The van der Waals surface area contributed by atoms with Crippen LogP contribution in [0.15, 0.2) is 24.3 Å². The van der Waals surface area contributed by atoms with Crippen molar-refractivity contribution < 1.29 is 14.7 Å². The molecule has 0 radical (unpaired) electrons. The first kappa shape index (κ1) is 15.1. The lowest BCUT2D eigenvalue weighted by molar-refractivity contribution is -0.139. The molecule has 2 aliphatic carbocycles. The van der Waals surface area contributed by atoms with Gasteiger partial charge in [0, 0.05) is 5.92 Å². The van der Waals surface area contributed by atoms with Crippen LogP contribution in [0.1, 0.15) is 55.6 Å². The Morgan fingerprint density at radius 2 is 1.95 bits per heavy atom.